The smallest absolute Gasteiger partial charge is 0.321 e. The fourth-order valence-corrected chi connectivity index (χ4v) is 6.32. The van der Waals surface area contributed by atoms with Crippen LogP contribution in [0.25, 0.3) is 0 Å². The van der Waals surface area contributed by atoms with Crippen LogP contribution in [0.1, 0.15) is 56.2 Å². The van der Waals surface area contributed by atoms with Crippen molar-refractivity contribution in [2.45, 2.75) is 58.0 Å². The molecule has 0 bridgehead atoms. The van der Waals surface area contributed by atoms with Crippen molar-refractivity contribution in [3.05, 3.63) is 53.6 Å². The van der Waals surface area contributed by atoms with E-state index >= 15 is 0 Å². The molecule has 2 saturated heterocycles. The number of aromatic nitrogens is 2. The van der Waals surface area contributed by atoms with Crippen LogP contribution in [-0.2, 0) is 23.2 Å². The molecule has 4 heterocycles. The van der Waals surface area contributed by atoms with Gasteiger partial charge in [-0.2, -0.15) is 15.2 Å². The Kier molecular flexibility index (Phi) is 10.2. The minimum atomic E-state index is -0.368. The Morgan fingerprint density at radius 3 is 2.44 bits per heavy atom. The molecule has 0 radical (unpaired) electrons. The first kappa shape index (κ1) is 30.3. The van der Waals surface area contributed by atoms with Crippen LogP contribution in [0.4, 0.5) is 5.82 Å². The second-order valence-electron chi connectivity index (χ2n) is 11.2. The highest BCUT2D eigenvalue weighted by Crippen LogP contribution is 2.50. The van der Waals surface area contributed by atoms with Gasteiger partial charge in [0.15, 0.2) is 0 Å². The number of ether oxygens (including phenoxy) is 2. The molecule has 9 heteroatoms. The average Bonchev–Trinajstić information content (AvgIpc) is 3.49. The number of fused-ring (bicyclic) bond motifs is 3. The van der Waals surface area contributed by atoms with Crippen LogP contribution < -0.4 is 14.4 Å². The molecule has 6 rings (SSSR count). The summed E-state index contributed by atoms with van der Waals surface area (Å²) in [5.41, 5.74) is 3.33. The molecule has 1 amide bonds. The number of aryl methyl sites for hydroxylation is 1. The number of nitriles is 1. The van der Waals surface area contributed by atoms with Gasteiger partial charge in [-0.05, 0) is 75.9 Å². The molecular weight excluding hydrogens is 516 g/mol. The normalized spacial score (nSPS) is 23.0. The molecule has 2 fully saturated rings. The summed E-state index contributed by atoms with van der Waals surface area (Å²) >= 11 is 0. The van der Waals surface area contributed by atoms with Crippen LogP contribution in [0.3, 0.4) is 0 Å². The number of carbonyl (C=O) groups is 1. The number of likely N-dealkylation sites (tertiary alicyclic amines) is 1. The second kappa shape index (κ2) is 13.8. The van der Waals surface area contributed by atoms with Crippen LogP contribution in [0.15, 0.2) is 36.9 Å². The first-order valence-corrected chi connectivity index (χ1v) is 14.7. The van der Waals surface area contributed by atoms with Crippen molar-refractivity contribution in [1.29, 1.82) is 5.26 Å². The van der Waals surface area contributed by atoms with Gasteiger partial charge in [-0.3, -0.25) is 4.79 Å². The topological polar surface area (TPSA) is 94.8 Å². The van der Waals surface area contributed by atoms with Crippen LogP contribution in [-0.4, -0.2) is 79.1 Å². The van der Waals surface area contributed by atoms with Crippen molar-refractivity contribution in [3.8, 4) is 18.0 Å². The van der Waals surface area contributed by atoms with E-state index < -0.39 is 0 Å². The zero-order valence-electron chi connectivity index (χ0n) is 25.1. The number of carbonyl (C=O) groups excluding carboxylic acids is 1. The number of benzene rings is 1. The molecule has 2 aromatic rings. The number of anilines is 1. The van der Waals surface area contributed by atoms with Crippen molar-refractivity contribution in [3.63, 3.8) is 0 Å². The Balaban J connectivity index is 0.000000372. The third-order valence-corrected chi connectivity index (χ3v) is 8.65. The molecule has 220 valence electrons. The highest BCUT2D eigenvalue weighted by Gasteiger charge is 2.47. The van der Waals surface area contributed by atoms with Crippen molar-refractivity contribution in [2.24, 2.45) is 5.92 Å². The van der Waals surface area contributed by atoms with Gasteiger partial charge in [0.05, 0.1) is 18.7 Å². The zero-order valence-corrected chi connectivity index (χ0v) is 25.1. The Morgan fingerprint density at radius 2 is 1.83 bits per heavy atom. The molecule has 9 nitrogen and oxygen atoms in total. The highest BCUT2D eigenvalue weighted by molar-refractivity contribution is 5.87. The lowest BCUT2D eigenvalue weighted by Gasteiger charge is -2.47. The Hall–Kier alpha value is -3.64. The third kappa shape index (κ3) is 6.65. The predicted molar refractivity (Wildman–Crippen MR) is 160 cm³/mol. The van der Waals surface area contributed by atoms with Gasteiger partial charge in [0.2, 0.25) is 11.8 Å². The summed E-state index contributed by atoms with van der Waals surface area (Å²) in [4.78, 5) is 27.7. The maximum absolute atomic E-state index is 12.0. The van der Waals surface area contributed by atoms with E-state index in [1.54, 1.807) is 13.2 Å². The molecule has 4 aliphatic rings. The van der Waals surface area contributed by atoms with Gasteiger partial charge in [0.1, 0.15) is 11.4 Å². The lowest BCUT2D eigenvalue weighted by atomic mass is 9.69. The summed E-state index contributed by atoms with van der Waals surface area (Å²) in [6, 6.07) is 10.7. The Bertz CT molecular complexity index is 1250. The van der Waals surface area contributed by atoms with Crippen LogP contribution >= 0.6 is 0 Å². The van der Waals surface area contributed by atoms with E-state index in [2.05, 4.69) is 59.6 Å². The van der Waals surface area contributed by atoms with Crippen LogP contribution in [0.5, 0.6) is 11.9 Å². The predicted octanol–water partition coefficient (Wildman–Crippen LogP) is 4.36. The molecule has 1 spiro atoms. The molecule has 2 unspecified atom stereocenters. The van der Waals surface area contributed by atoms with E-state index in [0.717, 1.165) is 37.1 Å². The SMILES string of the molecule is C=CC(=O)N1CCN(c2nc(OC)nc3c2CCC2(O3)c3ccccc3CCC2C)CC1.CC#N.CN1CCCC1. The number of methoxy groups -OCH3 is 1. The molecule has 1 aliphatic carbocycles. The molecule has 2 atom stereocenters. The van der Waals surface area contributed by atoms with E-state index in [4.69, 9.17) is 19.7 Å². The van der Waals surface area contributed by atoms with E-state index in [1.807, 2.05) is 4.90 Å². The quantitative estimate of drug-likeness (QED) is 0.511. The van der Waals surface area contributed by atoms with Crippen LogP contribution in [0, 0.1) is 17.2 Å². The van der Waals surface area contributed by atoms with Crippen LogP contribution in [0.2, 0.25) is 0 Å². The molecule has 0 saturated carbocycles. The molecule has 3 aliphatic heterocycles. The average molecular weight is 561 g/mol. The first-order chi connectivity index (χ1) is 19.9. The monoisotopic (exact) mass is 560 g/mol. The van der Waals surface area contributed by atoms with E-state index in [1.165, 1.54) is 50.1 Å². The lowest BCUT2D eigenvalue weighted by molar-refractivity contribution is -0.126. The second-order valence-corrected chi connectivity index (χ2v) is 11.2. The Labute approximate surface area is 244 Å². The zero-order chi connectivity index (χ0) is 29.4. The van der Waals surface area contributed by atoms with Gasteiger partial charge in [-0.25, -0.2) is 0 Å². The minimum absolute atomic E-state index is 0.0258. The summed E-state index contributed by atoms with van der Waals surface area (Å²) < 4.78 is 12.3. The maximum Gasteiger partial charge on any atom is 0.321 e. The van der Waals surface area contributed by atoms with Gasteiger partial charge in [0.25, 0.3) is 0 Å². The van der Waals surface area contributed by atoms with Crippen molar-refractivity contribution >= 4 is 11.7 Å². The molecule has 1 aromatic carbocycles. The maximum atomic E-state index is 12.0. The first-order valence-electron chi connectivity index (χ1n) is 14.7. The van der Waals surface area contributed by atoms with Crippen molar-refractivity contribution < 1.29 is 14.3 Å². The van der Waals surface area contributed by atoms with E-state index in [0.29, 0.717) is 44.0 Å². The number of hydrogen-bond donors (Lipinski definition) is 0. The molecule has 41 heavy (non-hydrogen) atoms. The molecule has 0 N–H and O–H groups in total. The van der Waals surface area contributed by atoms with Crippen molar-refractivity contribution in [2.75, 3.05) is 58.3 Å². The number of nitrogens with zero attached hydrogens (tertiary/aromatic N) is 6. The van der Waals surface area contributed by atoms with Gasteiger partial charge in [-0.15, -0.1) is 0 Å². The standard InChI is InChI=1S/C25H30N4O3.C5H11N.C2H3N/c1-4-21(30)28-13-15-29(16-14-28)22-19-11-12-25(32-23(19)27-24(26-22)31-3)17(2)9-10-18-7-5-6-8-20(18)25;1-6-4-2-3-5-6;1-2-3/h4-8,17H,1,9-16H2,2-3H3;2-5H2,1H3;1H3. The summed E-state index contributed by atoms with van der Waals surface area (Å²) in [6.45, 7) is 12.6. The summed E-state index contributed by atoms with van der Waals surface area (Å²) in [6.07, 6.45) is 8.13. The largest absolute Gasteiger partial charge is 0.467 e. The third-order valence-electron chi connectivity index (χ3n) is 8.65. The van der Waals surface area contributed by atoms with Gasteiger partial charge >= 0.3 is 6.01 Å². The summed E-state index contributed by atoms with van der Waals surface area (Å²) in [5.74, 6) is 1.86. The summed E-state index contributed by atoms with van der Waals surface area (Å²) in [5, 5.41) is 7.32. The van der Waals surface area contributed by atoms with Gasteiger partial charge in [-0.1, -0.05) is 37.8 Å². The van der Waals surface area contributed by atoms with E-state index in [-0.39, 0.29) is 11.5 Å². The Morgan fingerprint density at radius 1 is 1.15 bits per heavy atom. The molecule has 1 aromatic heterocycles. The summed E-state index contributed by atoms with van der Waals surface area (Å²) in [7, 11) is 3.76. The number of piperazine rings is 1. The van der Waals surface area contributed by atoms with E-state index in [9.17, 15) is 4.79 Å². The molecular formula is C32H44N6O3. The fraction of sp³-hybridized carbons (Fsp3) is 0.562. The van der Waals surface area contributed by atoms with Gasteiger partial charge in [0, 0.05) is 39.0 Å². The van der Waals surface area contributed by atoms with Crippen molar-refractivity contribution in [1.82, 2.24) is 19.8 Å². The highest BCUT2D eigenvalue weighted by atomic mass is 16.5. The number of rotatable bonds is 3. The minimum Gasteiger partial charge on any atom is -0.467 e. The lowest BCUT2D eigenvalue weighted by Crippen LogP contribution is -2.49. The van der Waals surface area contributed by atoms with Gasteiger partial charge < -0.3 is 24.2 Å². The fourth-order valence-electron chi connectivity index (χ4n) is 6.32. The number of amides is 1. The number of hydrogen-bond acceptors (Lipinski definition) is 8.